The van der Waals surface area contributed by atoms with Crippen molar-refractivity contribution in [2.24, 2.45) is 0 Å². The van der Waals surface area contributed by atoms with Crippen molar-refractivity contribution in [3.63, 3.8) is 0 Å². The van der Waals surface area contributed by atoms with Gasteiger partial charge in [-0.25, -0.2) is 4.79 Å². The van der Waals surface area contributed by atoms with Gasteiger partial charge >= 0.3 is 6.09 Å². The first-order valence-corrected chi connectivity index (χ1v) is 9.02. The number of ketones is 1. The number of morpholine rings is 1. The molecule has 2 heterocycles. The van der Waals surface area contributed by atoms with E-state index in [0.717, 1.165) is 4.88 Å². The molecule has 5 nitrogen and oxygen atoms in total. The molecule has 1 aliphatic heterocycles. The van der Waals surface area contributed by atoms with Crippen LogP contribution in [0.2, 0.25) is 0 Å². The van der Waals surface area contributed by atoms with E-state index >= 15 is 0 Å². The highest BCUT2D eigenvalue weighted by Crippen LogP contribution is 2.31. The Morgan fingerprint density at radius 3 is 2.82 bits per heavy atom. The van der Waals surface area contributed by atoms with Crippen molar-refractivity contribution in [1.29, 1.82) is 0 Å². The standard InChI is InChI=1S/C15H20BrNO4S/c1-15(2,3)21-14(19)17-6-7-20-9-10(17)12-4-5-13(22-12)11(18)8-16/h4-5,10H,6-9H2,1-3H3. The molecule has 0 N–H and O–H groups in total. The highest BCUT2D eigenvalue weighted by molar-refractivity contribution is 9.09. The molecule has 0 aromatic carbocycles. The second kappa shape index (κ2) is 7.10. The number of carbonyl (C=O) groups excluding carboxylic acids is 2. The molecule has 2 rings (SSSR count). The Hall–Kier alpha value is -0.920. The van der Waals surface area contributed by atoms with Crippen LogP contribution < -0.4 is 0 Å². The smallest absolute Gasteiger partial charge is 0.410 e. The second-order valence-electron chi connectivity index (χ2n) is 6.02. The van der Waals surface area contributed by atoms with Crippen molar-refractivity contribution in [3.8, 4) is 0 Å². The van der Waals surface area contributed by atoms with Gasteiger partial charge in [0.15, 0.2) is 5.78 Å². The predicted octanol–water partition coefficient (Wildman–Crippen LogP) is 3.63. The number of thiophene rings is 1. The van der Waals surface area contributed by atoms with E-state index < -0.39 is 5.60 Å². The minimum Gasteiger partial charge on any atom is -0.444 e. The van der Waals surface area contributed by atoms with Crippen LogP contribution in [0.15, 0.2) is 12.1 Å². The van der Waals surface area contributed by atoms with Crippen LogP contribution in [0.4, 0.5) is 4.79 Å². The Bertz CT molecular complexity index is 552. The fourth-order valence-corrected chi connectivity index (χ4v) is 3.66. The van der Waals surface area contributed by atoms with Crippen LogP contribution in [0, 0.1) is 0 Å². The van der Waals surface area contributed by atoms with Gasteiger partial charge in [0.2, 0.25) is 0 Å². The molecule has 1 saturated heterocycles. The van der Waals surface area contributed by atoms with Gasteiger partial charge in [0, 0.05) is 11.4 Å². The normalized spacial score (nSPS) is 19.1. The molecule has 0 saturated carbocycles. The third-order valence-electron chi connectivity index (χ3n) is 3.11. The van der Waals surface area contributed by atoms with Crippen molar-refractivity contribution < 1.29 is 19.1 Å². The molecule has 7 heteroatoms. The number of alkyl halides is 1. The summed E-state index contributed by atoms with van der Waals surface area (Å²) >= 11 is 4.58. The number of halogens is 1. The lowest BCUT2D eigenvalue weighted by Crippen LogP contribution is -2.45. The minimum atomic E-state index is -0.535. The molecule has 1 aromatic heterocycles. The molecule has 0 radical (unpaired) electrons. The number of Topliss-reactive ketones (excluding diaryl/α,β-unsaturated/α-hetero) is 1. The first kappa shape index (κ1) is 17.4. The SMILES string of the molecule is CC(C)(C)OC(=O)N1CCOCC1c1ccc(C(=O)CBr)s1. The second-order valence-corrected chi connectivity index (χ2v) is 7.70. The first-order chi connectivity index (χ1) is 10.3. The predicted molar refractivity (Wildman–Crippen MR) is 88.9 cm³/mol. The van der Waals surface area contributed by atoms with Crippen LogP contribution in [0.1, 0.15) is 41.4 Å². The lowest BCUT2D eigenvalue weighted by atomic mass is 10.2. The molecule has 0 spiro atoms. The summed E-state index contributed by atoms with van der Waals surface area (Å²) in [6, 6.07) is 3.48. The molecule has 122 valence electrons. The summed E-state index contributed by atoms with van der Waals surface area (Å²) in [5, 5.41) is 0.296. The topological polar surface area (TPSA) is 55.8 Å². The van der Waals surface area contributed by atoms with Gasteiger partial charge in [-0.2, -0.15) is 0 Å². The molecule has 1 amide bonds. The Balaban J connectivity index is 2.17. The van der Waals surface area contributed by atoms with E-state index in [0.29, 0.717) is 30.0 Å². The van der Waals surface area contributed by atoms with Gasteiger partial charge < -0.3 is 9.47 Å². The Morgan fingerprint density at radius 2 is 2.18 bits per heavy atom. The van der Waals surface area contributed by atoms with E-state index in [1.54, 1.807) is 11.0 Å². The number of amides is 1. The summed E-state index contributed by atoms with van der Waals surface area (Å²) in [4.78, 5) is 27.4. The third-order valence-corrected chi connectivity index (χ3v) is 4.84. The summed E-state index contributed by atoms with van der Waals surface area (Å²) in [7, 11) is 0. The van der Waals surface area contributed by atoms with Crippen molar-refractivity contribution in [2.75, 3.05) is 25.1 Å². The van der Waals surface area contributed by atoms with Gasteiger partial charge in [0.1, 0.15) is 5.60 Å². The molecular weight excluding hydrogens is 370 g/mol. The molecule has 1 aliphatic rings. The van der Waals surface area contributed by atoms with Crippen LogP contribution >= 0.6 is 27.3 Å². The molecule has 0 aliphatic carbocycles. The van der Waals surface area contributed by atoms with E-state index in [4.69, 9.17) is 9.47 Å². The zero-order valence-corrected chi connectivity index (χ0v) is 15.3. The van der Waals surface area contributed by atoms with E-state index in [9.17, 15) is 9.59 Å². The van der Waals surface area contributed by atoms with Gasteiger partial charge in [-0.05, 0) is 32.9 Å². The van der Waals surface area contributed by atoms with Crippen LogP contribution in [-0.2, 0) is 9.47 Å². The molecule has 22 heavy (non-hydrogen) atoms. The lowest BCUT2D eigenvalue weighted by molar-refractivity contribution is -0.0322. The minimum absolute atomic E-state index is 0.0387. The zero-order valence-electron chi connectivity index (χ0n) is 12.9. The number of rotatable bonds is 3. The highest BCUT2D eigenvalue weighted by atomic mass is 79.9. The van der Waals surface area contributed by atoms with Gasteiger partial charge in [-0.1, -0.05) is 15.9 Å². The van der Waals surface area contributed by atoms with E-state index in [1.807, 2.05) is 26.8 Å². The Morgan fingerprint density at radius 1 is 1.45 bits per heavy atom. The number of hydrogen-bond donors (Lipinski definition) is 0. The van der Waals surface area contributed by atoms with Crippen LogP contribution in [-0.4, -0.2) is 47.5 Å². The maximum atomic E-state index is 12.4. The zero-order chi connectivity index (χ0) is 16.3. The number of nitrogens with zero attached hydrogens (tertiary/aromatic N) is 1. The third kappa shape index (κ3) is 4.30. The fraction of sp³-hybridized carbons (Fsp3) is 0.600. The summed E-state index contributed by atoms with van der Waals surface area (Å²) < 4.78 is 11.0. The molecule has 1 atom stereocenters. The summed E-state index contributed by atoms with van der Waals surface area (Å²) in [5.74, 6) is 0.0387. The highest BCUT2D eigenvalue weighted by Gasteiger charge is 2.33. The molecular formula is C15H20BrNO4S. The van der Waals surface area contributed by atoms with Crippen molar-refractivity contribution in [2.45, 2.75) is 32.4 Å². The van der Waals surface area contributed by atoms with Gasteiger partial charge in [0.05, 0.1) is 29.5 Å². The summed E-state index contributed by atoms with van der Waals surface area (Å²) in [6.45, 7) is 6.93. The quantitative estimate of drug-likeness (QED) is 0.584. The van der Waals surface area contributed by atoms with Crippen LogP contribution in [0.25, 0.3) is 0 Å². The molecule has 1 unspecified atom stereocenters. The fourth-order valence-electron chi connectivity index (χ4n) is 2.13. The monoisotopic (exact) mass is 389 g/mol. The largest absolute Gasteiger partial charge is 0.444 e. The van der Waals surface area contributed by atoms with Crippen molar-refractivity contribution >= 4 is 39.1 Å². The first-order valence-electron chi connectivity index (χ1n) is 7.08. The molecule has 0 bridgehead atoms. The van der Waals surface area contributed by atoms with Crippen LogP contribution in [0.3, 0.4) is 0 Å². The molecule has 1 aromatic rings. The van der Waals surface area contributed by atoms with Crippen molar-refractivity contribution in [1.82, 2.24) is 4.90 Å². The van der Waals surface area contributed by atoms with Gasteiger partial charge in [-0.3, -0.25) is 9.69 Å². The summed E-state index contributed by atoms with van der Waals surface area (Å²) in [5.41, 5.74) is -0.535. The van der Waals surface area contributed by atoms with E-state index in [1.165, 1.54) is 11.3 Å². The average Bonchev–Trinajstić information content (AvgIpc) is 2.94. The average molecular weight is 390 g/mol. The van der Waals surface area contributed by atoms with E-state index in [-0.39, 0.29) is 17.9 Å². The maximum absolute atomic E-state index is 12.4. The van der Waals surface area contributed by atoms with Gasteiger partial charge in [0.25, 0.3) is 0 Å². The maximum Gasteiger partial charge on any atom is 0.410 e. The Kier molecular flexibility index (Phi) is 5.63. The van der Waals surface area contributed by atoms with Crippen molar-refractivity contribution in [3.05, 3.63) is 21.9 Å². The van der Waals surface area contributed by atoms with Gasteiger partial charge in [-0.15, -0.1) is 11.3 Å². The van der Waals surface area contributed by atoms with E-state index in [2.05, 4.69) is 15.9 Å². The molecule has 1 fully saturated rings. The number of carbonyl (C=O) groups is 2. The summed E-state index contributed by atoms with van der Waals surface area (Å²) in [6.07, 6.45) is -0.345. The number of ether oxygens (including phenoxy) is 2. The lowest BCUT2D eigenvalue weighted by Gasteiger charge is -2.36. The van der Waals surface area contributed by atoms with Crippen LogP contribution in [0.5, 0.6) is 0 Å². The Labute approximate surface area is 142 Å². The number of hydrogen-bond acceptors (Lipinski definition) is 5.